The molecule has 2 aromatic rings. The predicted molar refractivity (Wildman–Crippen MR) is 96.0 cm³/mol. The third kappa shape index (κ3) is 2.82. The van der Waals surface area contributed by atoms with Crippen LogP contribution in [0.1, 0.15) is 35.3 Å². The molecule has 2 bridgehead atoms. The van der Waals surface area contributed by atoms with E-state index >= 15 is 0 Å². The highest BCUT2D eigenvalue weighted by Crippen LogP contribution is 2.30. The smallest absolute Gasteiger partial charge is 0.257 e. The predicted octanol–water partition coefficient (Wildman–Crippen LogP) is 2.57. The first kappa shape index (κ1) is 17.0. The first-order valence-electron chi connectivity index (χ1n) is 8.39. The molecular formula is C18H23ClN4O. The minimum absolute atomic E-state index is 0. The molecule has 0 saturated carbocycles. The molecule has 0 radical (unpaired) electrons. The van der Waals surface area contributed by atoms with E-state index in [0.717, 1.165) is 49.3 Å². The number of hydrogen-bond acceptors (Lipinski definition) is 3. The van der Waals surface area contributed by atoms with E-state index in [9.17, 15) is 4.79 Å². The molecule has 2 aliphatic rings. The lowest BCUT2D eigenvalue weighted by Crippen LogP contribution is -2.42. The van der Waals surface area contributed by atoms with Crippen LogP contribution in [0.2, 0.25) is 0 Å². The molecule has 3 heterocycles. The van der Waals surface area contributed by atoms with Gasteiger partial charge in [0.05, 0.1) is 23.1 Å². The van der Waals surface area contributed by atoms with E-state index in [2.05, 4.69) is 15.3 Å². The van der Waals surface area contributed by atoms with Crippen LogP contribution in [0.4, 0.5) is 0 Å². The summed E-state index contributed by atoms with van der Waals surface area (Å²) < 4.78 is 1.85. The van der Waals surface area contributed by atoms with Gasteiger partial charge >= 0.3 is 0 Å². The minimum atomic E-state index is 0. The van der Waals surface area contributed by atoms with Gasteiger partial charge in [0.1, 0.15) is 0 Å². The van der Waals surface area contributed by atoms with Crippen molar-refractivity contribution < 1.29 is 4.79 Å². The topological polar surface area (TPSA) is 50.2 Å². The maximum atomic E-state index is 13.1. The molecule has 6 heteroatoms. The summed E-state index contributed by atoms with van der Waals surface area (Å²) >= 11 is 0. The molecule has 0 spiro atoms. The van der Waals surface area contributed by atoms with Crippen LogP contribution in [0.25, 0.3) is 5.69 Å². The fourth-order valence-corrected chi connectivity index (χ4v) is 3.90. The second-order valence-corrected chi connectivity index (χ2v) is 6.48. The third-order valence-corrected chi connectivity index (χ3v) is 5.13. The van der Waals surface area contributed by atoms with Gasteiger partial charge in [-0.05, 0) is 44.9 Å². The van der Waals surface area contributed by atoms with Crippen LogP contribution in [-0.4, -0.2) is 45.8 Å². The maximum Gasteiger partial charge on any atom is 0.257 e. The zero-order valence-corrected chi connectivity index (χ0v) is 14.6. The Morgan fingerprint density at radius 1 is 1.17 bits per heavy atom. The Balaban J connectivity index is 0.00000169. The third-order valence-electron chi connectivity index (χ3n) is 5.13. The zero-order chi connectivity index (χ0) is 15.8. The number of halogens is 1. The minimum Gasteiger partial charge on any atom is -0.331 e. The first-order valence-corrected chi connectivity index (χ1v) is 8.39. The molecule has 128 valence electrons. The van der Waals surface area contributed by atoms with Gasteiger partial charge < -0.3 is 10.2 Å². The molecular weight excluding hydrogens is 324 g/mol. The van der Waals surface area contributed by atoms with Crippen LogP contribution in [0.3, 0.4) is 0 Å². The second kappa shape index (κ2) is 6.95. The van der Waals surface area contributed by atoms with Crippen molar-refractivity contribution >= 4 is 18.3 Å². The molecule has 24 heavy (non-hydrogen) atoms. The number of benzene rings is 1. The van der Waals surface area contributed by atoms with Crippen molar-refractivity contribution in [1.82, 2.24) is 20.0 Å². The van der Waals surface area contributed by atoms with Crippen molar-refractivity contribution in [1.29, 1.82) is 0 Å². The lowest BCUT2D eigenvalue weighted by atomic mass is 10.1. The second-order valence-electron chi connectivity index (χ2n) is 6.48. The van der Waals surface area contributed by atoms with Gasteiger partial charge in [0.2, 0.25) is 0 Å². The molecule has 1 amide bonds. The van der Waals surface area contributed by atoms with Crippen LogP contribution in [0, 0.1) is 6.92 Å². The van der Waals surface area contributed by atoms with Gasteiger partial charge in [0, 0.05) is 18.6 Å². The Bertz CT molecular complexity index is 701. The highest BCUT2D eigenvalue weighted by atomic mass is 35.5. The molecule has 0 aliphatic carbocycles. The average Bonchev–Trinajstić information content (AvgIpc) is 3.06. The summed E-state index contributed by atoms with van der Waals surface area (Å²) in [5.41, 5.74) is 2.63. The van der Waals surface area contributed by atoms with Crippen molar-refractivity contribution in [2.75, 3.05) is 13.1 Å². The molecule has 1 aromatic carbocycles. The Morgan fingerprint density at radius 2 is 1.92 bits per heavy atom. The number of para-hydroxylation sites is 1. The number of amides is 1. The Morgan fingerprint density at radius 3 is 2.71 bits per heavy atom. The van der Waals surface area contributed by atoms with Crippen molar-refractivity contribution in [2.24, 2.45) is 0 Å². The van der Waals surface area contributed by atoms with E-state index in [1.54, 1.807) is 6.20 Å². The fraction of sp³-hybridized carbons (Fsp3) is 0.444. The average molecular weight is 347 g/mol. The summed E-state index contributed by atoms with van der Waals surface area (Å²) in [6, 6.07) is 10.7. The maximum absolute atomic E-state index is 13.1. The number of aromatic nitrogens is 2. The van der Waals surface area contributed by atoms with Gasteiger partial charge in [0.25, 0.3) is 5.91 Å². The molecule has 5 nitrogen and oxygen atoms in total. The van der Waals surface area contributed by atoms with Gasteiger partial charge in [-0.1, -0.05) is 18.2 Å². The number of rotatable bonds is 2. The molecule has 1 N–H and O–H groups in total. The highest BCUT2D eigenvalue weighted by Gasteiger charge is 2.39. The molecule has 1 aromatic heterocycles. The summed E-state index contributed by atoms with van der Waals surface area (Å²) in [6.45, 7) is 3.90. The molecule has 2 atom stereocenters. The van der Waals surface area contributed by atoms with Crippen LogP contribution in [-0.2, 0) is 0 Å². The Kier molecular flexibility index (Phi) is 4.92. The summed E-state index contributed by atoms with van der Waals surface area (Å²) in [6.07, 6.45) is 5.01. The largest absolute Gasteiger partial charge is 0.331 e. The van der Waals surface area contributed by atoms with E-state index in [0.29, 0.717) is 12.1 Å². The zero-order valence-electron chi connectivity index (χ0n) is 13.8. The summed E-state index contributed by atoms with van der Waals surface area (Å²) in [4.78, 5) is 15.2. The van der Waals surface area contributed by atoms with Crippen molar-refractivity contribution in [3.05, 3.63) is 47.8 Å². The summed E-state index contributed by atoms with van der Waals surface area (Å²) in [5.74, 6) is 0.140. The van der Waals surface area contributed by atoms with E-state index in [1.165, 1.54) is 0 Å². The molecule has 2 saturated heterocycles. The summed E-state index contributed by atoms with van der Waals surface area (Å²) in [5, 5.41) is 7.90. The van der Waals surface area contributed by atoms with Crippen molar-refractivity contribution in [3.8, 4) is 5.69 Å². The molecule has 4 rings (SSSR count). The standard InChI is InChI=1S/C18H22N4O.ClH/c1-13-17(12-20-22(13)15-5-3-2-4-6-15)18(23)21-14-7-8-16(21)11-19-10-9-14;/h2-6,12,14,16,19H,7-11H2,1H3;1H. The van der Waals surface area contributed by atoms with Crippen LogP contribution >= 0.6 is 12.4 Å². The van der Waals surface area contributed by atoms with E-state index in [1.807, 2.05) is 41.9 Å². The lowest BCUT2D eigenvalue weighted by Gasteiger charge is -2.27. The quantitative estimate of drug-likeness (QED) is 0.909. The number of carbonyl (C=O) groups is 1. The first-order chi connectivity index (χ1) is 11.3. The Hall–Kier alpha value is -1.85. The number of nitrogens with one attached hydrogen (secondary N) is 1. The lowest BCUT2D eigenvalue weighted by molar-refractivity contribution is 0.0679. The van der Waals surface area contributed by atoms with Crippen molar-refractivity contribution in [3.63, 3.8) is 0 Å². The number of carbonyl (C=O) groups excluding carboxylic acids is 1. The highest BCUT2D eigenvalue weighted by molar-refractivity contribution is 5.96. The Labute approximate surface area is 148 Å². The van der Waals surface area contributed by atoms with E-state index in [-0.39, 0.29) is 18.3 Å². The summed E-state index contributed by atoms with van der Waals surface area (Å²) in [7, 11) is 0. The van der Waals surface area contributed by atoms with Crippen molar-refractivity contribution in [2.45, 2.75) is 38.3 Å². The normalized spacial score (nSPS) is 22.8. The van der Waals surface area contributed by atoms with Gasteiger partial charge in [-0.25, -0.2) is 4.68 Å². The van der Waals surface area contributed by atoms with Crippen LogP contribution in [0.5, 0.6) is 0 Å². The monoisotopic (exact) mass is 346 g/mol. The van der Waals surface area contributed by atoms with E-state index < -0.39 is 0 Å². The van der Waals surface area contributed by atoms with Crippen LogP contribution in [0.15, 0.2) is 36.5 Å². The van der Waals surface area contributed by atoms with Gasteiger partial charge in [-0.3, -0.25) is 4.79 Å². The number of hydrogen-bond donors (Lipinski definition) is 1. The SMILES string of the molecule is Cc1c(C(=O)N2C3CCNCC2CC3)cnn1-c1ccccc1.Cl. The van der Waals surface area contributed by atoms with Gasteiger partial charge in [-0.2, -0.15) is 5.10 Å². The van der Waals surface area contributed by atoms with Gasteiger partial charge in [0.15, 0.2) is 0 Å². The number of nitrogens with zero attached hydrogens (tertiary/aromatic N) is 3. The van der Waals surface area contributed by atoms with Crippen LogP contribution < -0.4 is 5.32 Å². The molecule has 2 unspecified atom stereocenters. The molecule has 2 aliphatic heterocycles. The van der Waals surface area contributed by atoms with Gasteiger partial charge in [-0.15, -0.1) is 12.4 Å². The number of fused-ring (bicyclic) bond motifs is 2. The fourth-order valence-electron chi connectivity index (χ4n) is 3.90. The molecule has 2 fully saturated rings. The van der Waals surface area contributed by atoms with E-state index in [4.69, 9.17) is 0 Å².